The van der Waals surface area contributed by atoms with Gasteiger partial charge in [-0.25, -0.2) is 4.79 Å². The summed E-state index contributed by atoms with van der Waals surface area (Å²) < 4.78 is 0. The molecular weight excluding hydrogens is 164 g/mol. The molecule has 2 nitrogen and oxygen atoms in total. The van der Waals surface area contributed by atoms with Gasteiger partial charge in [0, 0.05) is 5.57 Å². The number of carboxylic acid groups (broad SMARTS) is 1. The minimum absolute atomic E-state index is 0.137. The van der Waals surface area contributed by atoms with Gasteiger partial charge in [-0.05, 0) is 24.7 Å². The lowest BCUT2D eigenvalue weighted by atomic mass is 9.97. The molecule has 0 spiro atoms. The summed E-state index contributed by atoms with van der Waals surface area (Å²) >= 11 is 0. The van der Waals surface area contributed by atoms with E-state index in [-0.39, 0.29) is 5.92 Å². The summed E-state index contributed by atoms with van der Waals surface area (Å²) in [6, 6.07) is 0. The predicted molar refractivity (Wildman–Crippen MR) is 52.5 cm³/mol. The molecule has 74 valence electrons. The van der Waals surface area contributed by atoms with Crippen LogP contribution in [0, 0.1) is 11.8 Å². The fourth-order valence-corrected chi connectivity index (χ4v) is 1.89. The van der Waals surface area contributed by atoms with Crippen molar-refractivity contribution in [1.29, 1.82) is 0 Å². The zero-order valence-corrected chi connectivity index (χ0v) is 8.42. The van der Waals surface area contributed by atoms with E-state index in [1.807, 2.05) is 19.9 Å². The largest absolute Gasteiger partial charge is 0.478 e. The number of allylic oxidation sites excluding steroid dienone is 1. The quantitative estimate of drug-likeness (QED) is 0.681. The maximum atomic E-state index is 10.9. The summed E-state index contributed by atoms with van der Waals surface area (Å²) in [5.74, 6) is -0.0894. The van der Waals surface area contributed by atoms with Crippen LogP contribution in [0.3, 0.4) is 0 Å². The summed E-state index contributed by atoms with van der Waals surface area (Å²) in [4.78, 5) is 10.9. The first-order valence-electron chi connectivity index (χ1n) is 5.06. The van der Waals surface area contributed by atoms with Gasteiger partial charge >= 0.3 is 5.97 Å². The summed E-state index contributed by atoms with van der Waals surface area (Å²) in [5.41, 5.74) is 0.590. The van der Waals surface area contributed by atoms with Crippen molar-refractivity contribution in [1.82, 2.24) is 0 Å². The standard InChI is InChI=1S/C11H18O2/c1-8(2)10(11(12)13)7-9-5-3-4-6-9/h7-9H,3-6H2,1-2H3,(H,12,13)/b10-7-. The first-order chi connectivity index (χ1) is 6.11. The maximum Gasteiger partial charge on any atom is 0.331 e. The van der Waals surface area contributed by atoms with E-state index in [1.165, 1.54) is 25.7 Å². The van der Waals surface area contributed by atoms with Crippen LogP contribution in [0.1, 0.15) is 39.5 Å². The van der Waals surface area contributed by atoms with Gasteiger partial charge < -0.3 is 5.11 Å². The molecule has 1 N–H and O–H groups in total. The van der Waals surface area contributed by atoms with E-state index in [9.17, 15) is 4.79 Å². The minimum atomic E-state index is -0.748. The van der Waals surface area contributed by atoms with Gasteiger partial charge in [-0.1, -0.05) is 32.8 Å². The van der Waals surface area contributed by atoms with Gasteiger partial charge in [0.1, 0.15) is 0 Å². The van der Waals surface area contributed by atoms with Gasteiger partial charge in [-0.2, -0.15) is 0 Å². The molecule has 0 amide bonds. The molecule has 0 aromatic heterocycles. The van der Waals surface area contributed by atoms with Crippen LogP contribution in [-0.2, 0) is 4.79 Å². The van der Waals surface area contributed by atoms with E-state index in [0.717, 1.165) is 0 Å². The van der Waals surface area contributed by atoms with Crippen LogP contribution in [-0.4, -0.2) is 11.1 Å². The third kappa shape index (κ3) is 2.87. The number of rotatable bonds is 3. The fraction of sp³-hybridized carbons (Fsp3) is 0.727. The van der Waals surface area contributed by atoms with Gasteiger partial charge in [0.25, 0.3) is 0 Å². The van der Waals surface area contributed by atoms with Crippen molar-refractivity contribution < 1.29 is 9.90 Å². The molecule has 1 aliphatic carbocycles. The summed E-state index contributed by atoms with van der Waals surface area (Å²) in [6.07, 6.45) is 6.82. The van der Waals surface area contributed by atoms with Gasteiger partial charge in [-0.3, -0.25) is 0 Å². The molecule has 0 saturated heterocycles. The van der Waals surface area contributed by atoms with E-state index < -0.39 is 5.97 Å². The number of hydrogen-bond acceptors (Lipinski definition) is 1. The third-order valence-corrected chi connectivity index (χ3v) is 2.68. The molecule has 1 saturated carbocycles. The Labute approximate surface area is 79.6 Å². The predicted octanol–water partition coefficient (Wildman–Crippen LogP) is 2.84. The SMILES string of the molecule is CC(C)/C(=C/C1CCCC1)C(=O)O. The number of carbonyl (C=O) groups is 1. The monoisotopic (exact) mass is 182 g/mol. The highest BCUT2D eigenvalue weighted by atomic mass is 16.4. The lowest BCUT2D eigenvalue weighted by molar-refractivity contribution is -0.133. The van der Waals surface area contributed by atoms with Gasteiger partial charge in [0.15, 0.2) is 0 Å². The second-order valence-electron chi connectivity index (χ2n) is 4.13. The summed E-state index contributed by atoms with van der Waals surface area (Å²) in [5, 5.41) is 8.94. The molecule has 1 rings (SSSR count). The maximum absolute atomic E-state index is 10.9. The highest BCUT2D eigenvalue weighted by molar-refractivity contribution is 5.87. The van der Waals surface area contributed by atoms with Crippen LogP contribution in [0.5, 0.6) is 0 Å². The molecule has 0 aliphatic heterocycles. The molecule has 1 fully saturated rings. The Morgan fingerprint density at radius 3 is 2.31 bits per heavy atom. The van der Waals surface area contributed by atoms with Crippen molar-refractivity contribution in [3.63, 3.8) is 0 Å². The van der Waals surface area contributed by atoms with Crippen molar-refractivity contribution in [2.45, 2.75) is 39.5 Å². The lowest BCUT2D eigenvalue weighted by Crippen LogP contribution is -2.08. The molecule has 0 aromatic rings. The van der Waals surface area contributed by atoms with Crippen LogP contribution < -0.4 is 0 Å². The number of hydrogen-bond donors (Lipinski definition) is 1. The second-order valence-corrected chi connectivity index (χ2v) is 4.13. The molecule has 0 bridgehead atoms. The van der Waals surface area contributed by atoms with E-state index in [1.54, 1.807) is 0 Å². The average molecular weight is 182 g/mol. The van der Waals surface area contributed by atoms with Crippen molar-refractivity contribution in [2.24, 2.45) is 11.8 Å². The van der Waals surface area contributed by atoms with Crippen LogP contribution >= 0.6 is 0 Å². The zero-order valence-electron chi connectivity index (χ0n) is 8.42. The Balaban J connectivity index is 2.67. The van der Waals surface area contributed by atoms with E-state index in [2.05, 4.69) is 0 Å². The van der Waals surface area contributed by atoms with Crippen LogP contribution in [0.15, 0.2) is 11.6 Å². The molecule has 0 unspecified atom stereocenters. The third-order valence-electron chi connectivity index (χ3n) is 2.68. The lowest BCUT2D eigenvalue weighted by Gasteiger charge is -2.09. The highest BCUT2D eigenvalue weighted by Crippen LogP contribution is 2.28. The van der Waals surface area contributed by atoms with Crippen LogP contribution in [0.4, 0.5) is 0 Å². The molecule has 0 aromatic carbocycles. The van der Waals surface area contributed by atoms with Crippen molar-refractivity contribution in [3.8, 4) is 0 Å². The molecule has 1 aliphatic rings. The zero-order chi connectivity index (χ0) is 9.84. The topological polar surface area (TPSA) is 37.3 Å². The second kappa shape index (κ2) is 4.45. The Kier molecular flexibility index (Phi) is 3.52. The first kappa shape index (κ1) is 10.3. The van der Waals surface area contributed by atoms with Crippen LogP contribution in [0.2, 0.25) is 0 Å². The smallest absolute Gasteiger partial charge is 0.331 e. The molecule has 2 heteroatoms. The van der Waals surface area contributed by atoms with Crippen molar-refractivity contribution in [2.75, 3.05) is 0 Å². The highest BCUT2D eigenvalue weighted by Gasteiger charge is 2.17. The van der Waals surface area contributed by atoms with Gasteiger partial charge in [0.2, 0.25) is 0 Å². The van der Waals surface area contributed by atoms with Gasteiger partial charge in [0.05, 0.1) is 0 Å². The Morgan fingerprint density at radius 2 is 1.92 bits per heavy atom. The Morgan fingerprint density at radius 1 is 1.38 bits per heavy atom. The normalized spacial score (nSPS) is 19.8. The van der Waals surface area contributed by atoms with Crippen molar-refractivity contribution in [3.05, 3.63) is 11.6 Å². The molecular formula is C11H18O2. The minimum Gasteiger partial charge on any atom is -0.478 e. The van der Waals surface area contributed by atoms with Gasteiger partial charge in [-0.15, -0.1) is 0 Å². The molecule has 0 radical (unpaired) electrons. The Hall–Kier alpha value is -0.790. The summed E-state index contributed by atoms with van der Waals surface area (Å²) in [7, 11) is 0. The van der Waals surface area contributed by atoms with E-state index in [4.69, 9.17) is 5.11 Å². The first-order valence-corrected chi connectivity index (χ1v) is 5.06. The summed E-state index contributed by atoms with van der Waals surface area (Å²) in [6.45, 7) is 3.88. The van der Waals surface area contributed by atoms with E-state index >= 15 is 0 Å². The number of carboxylic acids is 1. The molecule has 0 heterocycles. The molecule has 0 atom stereocenters. The van der Waals surface area contributed by atoms with Crippen molar-refractivity contribution >= 4 is 5.97 Å². The average Bonchev–Trinajstić information content (AvgIpc) is 2.50. The Bertz CT molecular complexity index is 210. The molecule has 13 heavy (non-hydrogen) atoms. The fourth-order valence-electron chi connectivity index (χ4n) is 1.89. The van der Waals surface area contributed by atoms with E-state index in [0.29, 0.717) is 11.5 Å². The number of aliphatic carboxylic acids is 1. The van der Waals surface area contributed by atoms with Crippen LogP contribution in [0.25, 0.3) is 0 Å².